The van der Waals surface area contributed by atoms with Gasteiger partial charge in [-0.2, -0.15) is 0 Å². The van der Waals surface area contributed by atoms with Crippen molar-refractivity contribution < 1.29 is 9.53 Å². The molecule has 1 N–H and O–H groups in total. The summed E-state index contributed by atoms with van der Waals surface area (Å²) >= 11 is 1.66. The first-order valence-corrected chi connectivity index (χ1v) is 8.15. The van der Waals surface area contributed by atoms with E-state index in [2.05, 4.69) is 10.3 Å². The van der Waals surface area contributed by atoms with Crippen LogP contribution in [0, 0.1) is 12.8 Å². The molecule has 2 aliphatic rings. The Balaban J connectivity index is 1.47. The fourth-order valence-corrected chi connectivity index (χ4v) is 3.42. The van der Waals surface area contributed by atoms with Crippen molar-refractivity contribution in [2.45, 2.75) is 32.2 Å². The molecule has 2 heterocycles. The van der Waals surface area contributed by atoms with Gasteiger partial charge < -0.3 is 15.0 Å². The predicted molar refractivity (Wildman–Crippen MR) is 78.0 cm³/mol. The molecule has 1 atom stereocenters. The van der Waals surface area contributed by atoms with Crippen molar-refractivity contribution in [1.82, 2.24) is 15.2 Å². The number of aromatic nitrogens is 1. The molecule has 6 heteroatoms. The van der Waals surface area contributed by atoms with Crippen LogP contribution in [-0.4, -0.2) is 48.3 Å². The average molecular weight is 295 g/mol. The second-order valence-electron chi connectivity index (χ2n) is 5.54. The van der Waals surface area contributed by atoms with Crippen molar-refractivity contribution in [3.63, 3.8) is 0 Å². The Morgan fingerprint density at radius 1 is 1.60 bits per heavy atom. The molecular weight excluding hydrogens is 274 g/mol. The van der Waals surface area contributed by atoms with Crippen molar-refractivity contribution in [2.24, 2.45) is 5.92 Å². The lowest BCUT2D eigenvalue weighted by Crippen LogP contribution is -2.53. The molecule has 3 rings (SSSR count). The maximum Gasteiger partial charge on any atom is 0.317 e. The molecular formula is C14H21N3O2S. The van der Waals surface area contributed by atoms with E-state index in [0.717, 1.165) is 17.1 Å². The van der Waals surface area contributed by atoms with Gasteiger partial charge in [0.05, 0.1) is 24.3 Å². The summed E-state index contributed by atoms with van der Waals surface area (Å²) in [5.41, 5.74) is 1.05. The summed E-state index contributed by atoms with van der Waals surface area (Å²) in [6, 6.07) is 0.337. The highest BCUT2D eigenvalue weighted by molar-refractivity contribution is 7.09. The van der Waals surface area contributed by atoms with Crippen molar-refractivity contribution in [2.75, 3.05) is 26.3 Å². The zero-order chi connectivity index (χ0) is 13.9. The van der Waals surface area contributed by atoms with Crippen LogP contribution in [0.2, 0.25) is 0 Å². The van der Waals surface area contributed by atoms with Crippen LogP contribution in [0.5, 0.6) is 0 Å². The molecule has 0 radical (unpaired) electrons. The van der Waals surface area contributed by atoms with Crippen molar-refractivity contribution in [1.29, 1.82) is 0 Å². The molecule has 0 aromatic carbocycles. The number of nitrogens with one attached hydrogen (secondary N) is 1. The minimum Gasteiger partial charge on any atom is -0.377 e. The van der Waals surface area contributed by atoms with Crippen LogP contribution in [0.4, 0.5) is 4.79 Å². The normalized spacial score (nSPS) is 22.9. The van der Waals surface area contributed by atoms with Gasteiger partial charge in [0.2, 0.25) is 0 Å². The Hall–Kier alpha value is -1.14. The van der Waals surface area contributed by atoms with Crippen LogP contribution in [-0.2, 0) is 11.2 Å². The molecule has 1 aromatic rings. The van der Waals surface area contributed by atoms with Crippen molar-refractivity contribution >= 4 is 17.4 Å². The lowest BCUT2D eigenvalue weighted by molar-refractivity contribution is 0.00477. The fourth-order valence-electron chi connectivity index (χ4n) is 2.64. The molecule has 20 heavy (non-hydrogen) atoms. The SMILES string of the molecule is Cc1csc(CCNC(=O)N2CCOCC2C2CC2)n1. The predicted octanol–water partition coefficient (Wildman–Crippen LogP) is 1.81. The summed E-state index contributed by atoms with van der Waals surface area (Å²) in [6.45, 7) is 4.71. The maximum atomic E-state index is 12.3. The molecule has 1 unspecified atom stereocenters. The number of rotatable bonds is 4. The van der Waals surface area contributed by atoms with Crippen LogP contribution in [0.3, 0.4) is 0 Å². The van der Waals surface area contributed by atoms with E-state index < -0.39 is 0 Å². The lowest BCUT2D eigenvalue weighted by Gasteiger charge is -2.35. The first-order valence-electron chi connectivity index (χ1n) is 7.27. The van der Waals surface area contributed by atoms with E-state index in [1.54, 1.807) is 11.3 Å². The second kappa shape index (κ2) is 6.10. The van der Waals surface area contributed by atoms with E-state index in [1.807, 2.05) is 17.2 Å². The largest absolute Gasteiger partial charge is 0.377 e. The number of amides is 2. The molecule has 110 valence electrons. The molecule has 1 aromatic heterocycles. The Labute approximate surface area is 123 Å². The fraction of sp³-hybridized carbons (Fsp3) is 0.714. The number of urea groups is 1. The van der Waals surface area contributed by atoms with Crippen molar-refractivity contribution in [3.05, 3.63) is 16.1 Å². The molecule has 1 aliphatic heterocycles. The summed E-state index contributed by atoms with van der Waals surface area (Å²) in [4.78, 5) is 18.7. The van der Waals surface area contributed by atoms with Crippen LogP contribution >= 0.6 is 11.3 Å². The molecule has 0 bridgehead atoms. The number of carbonyl (C=O) groups is 1. The molecule has 2 fully saturated rings. The van der Waals surface area contributed by atoms with Gasteiger partial charge in [0.15, 0.2) is 0 Å². The second-order valence-corrected chi connectivity index (χ2v) is 6.48. The van der Waals surface area contributed by atoms with Gasteiger partial charge >= 0.3 is 6.03 Å². The highest BCUT2D eigenvalue weighted by Crippen LogP contribution is 2.36. The summed E-state index contributed by atoms with van der Waals surface area (Å²) in [7, 11) is 0. The highest BCUT2D eigenvalue weighted by atomic mass is 32.1. The number of carbonyl (C=O) groups excluding carboxylic acids is 1. The topological polar surface area (TPSA) is 54.5 Å². The third kappa shape index (κ3) is 3.30. The van der Waals surface area contributed by atoms with Crippen LogP contribution in [0.1, 0.15) is 23.5 Å². The monoisotopic (exact) mass is 295 g/mol. The van der Waals surface area contributed by atoms with Gasteiger partial charge in [-0.25, -0.2) is 9.78 Å². The van der Waals surface area contributed by atoms with Crippen molar-refractivity contribution in [3.8, 4) is 0 Å². The van der Waals surface area contributed by atoms with E-state index in [-0.39, 0.29) is 12.1 Å². The molecule has 5 nitrogen and oxygen atoms in total. The summed E-state index contributed by atoms with van der Waals surface area (Å²) in [5.74, 6) is 0.655. The average Bonchev–Trinajstić information content (AvgIpc) is 3.22. The number of morpholine rings is 1. The molecule has 1 aliphatic carbocycles. The third-order valence-electron chi connectivity index (χ3n) is 3.87. The Kier molecular flexibility index (Phi) is 4.21. The molecule has 1 saturated carbocycles. The van der Waals surface area contributed by atoms with Crippen LogP contribution in [0.15, 0.2) is 5.38 Å². The zero-order valence-electron chi connectivity index (χ0n) is 11.8. The third-order valence-corrected chi connectivity index (χ3v) is 4.90. The summed E-state index contributed by atoms with van der Waals surface area (Å²) in [6.07, 6.45) is 3.27. The van der Waals surface area contributed by atoms with E-state index >= 15 is 0 Å². The highest BCUT2D eigenvalue weighted by Gasteiger charge is 2.39. The lowest BCUT2D eigenvalue weighted by atomic mass is 10.1. The number of thiazole rings is 1. The number of aryl methyl sites for hydroxylation is 1. The number of hydrogen-bond acceptors (Lipinski definition) is 4. The standard InChI is InChI=1S/C14H21N3O2S/c1-10-9-20-13(16-10)4-5-15-14(18)17-6-7-19-8-12(17)11-2-3-11/h9,11-12H,2-8H2,1H3,(H,15,18). The van der Waals surface area contributed by atoms with E-state index in [4.69, 9.17) is 4.74 Å². The van der Waals surface area contributed by atoms with E-state index in [9.17, 15) is 4.79 Å². The summed E-state index contributed by atoms with van der Waals surface area (Å²) in [5, 5.41) is 6.15. The quantitative estimate of drug-likeness (QED) is 0.922. The minimum absolute atomic E-state index is 0.0541. The molecule has 1 saturated heterocycles. The van der Waals surface area contributed by atoms with Gasteiger partial charge in [-0.05, 0) is 25.7 Å². The van der Waals surface area contributed by atoms with Gasteiger partial charge in [0.1, 0.15) is 0 Å². The number of hydrogen-bond donors (Lipinski definition) is 1. The van der Waals surface area contributed by atoms with Gasteiger partial charge in [0.25, 0.3) is 0 Å². The Morgan fingerprint density at radius 2 is 2.45 bits per heavy atom. The van der Waals surface area contributed by atoms with E-state index in [1.165, 1.54) is 12.8 Å². The maximum absolute atomic E-state index is 12.3. The van der Waals surface area contributed by atoms with E-state index in [0.29, 0.717) is 32.2 Å². The molecule has 2 amide bonds. The minimum atomic E-state index is 0.0541. The smallest absolute Gasteiger partial charge is 0.317 e. The Bertz CT molecular complexity index is 473. The van der Waals surface area contributed by atoms with Gasteiger partial charge in [-0.1, -0.05) is 0 Å². The number of nitrogens with zero attached hydrogens (tertiary/aromatic N) is 2. The zero-order valence-corrected chi connectivity index (χ0v) is 12.6. The molecule has 0 spiro atoms. The first-order chi connectivity index (χ1) is 9.74. The first kappa shape index (κ1) is 13.8. The summed E-state index contributed by atoms with van der Waals surface area (Å²) < 4.78 is 5.51. The number of ether oxygens (including phenoxy) is 1. The van der Waals surface area contributed by atoms with Gasteiger partial charge in [-0.3, -0.25) is 0 Å². The van der Waals surface area contributed by atoms with Gasteiger partial charge in [0, 0.05) is 30.6 Å². The van der Waals surface area contributed by atoms with Gasteiger partial charge in [-0.15, -0.1) is 11.3 Å². The van der Waals surface area contributed by atoms with Crippen LogP contribution < -0.4 is 5.32 Å². The van der Waals surface area contributed by atoms with Crippen LogP contribution in [0.25, 0.3) is 0 Å². The Morgan fingerprint density at radius 3 is 3.15 bits per heavy atom.